The molecule has 17 heavy (non-hydrogen) atoms. The smallest absolute Gasteiger partial charge is 1.00 e. The van der Waals surface area contributed by atoms with Crippen LogP contribution < -0.4 is 9.41 Å². The molecule has 2 atom stereocenters. The van der Waals surface area contributed by atoms with Crippen molar-refractivity contribution in [3.05, 3.63) is 47.6 Å². The summed E-state index contributed by atoms with van der Waals surface area (Å²) in [7, 11) is 0. The number of allylic oxidation sites excluding steroid dienone is 8. The van der Waals surface area contributed by atoms with Crippen molar-refractivity contribution in [3.8, 4) is 0 Å². The topological polar surface area (TPSA) is 0 Å². The average molecular weight is 316 g/mol. The minimum absolute atomic E-state index is 0. The second-order valence-electron chi connectivity index (χ2n) is 4.95. The fourth-order valence-corrected chi connectivity index (χ4v) is 7.11. The summed E-state index contributed by atoms with van der Waals surface area (Å²) >= 11 is -0.550. The SMILES string of the molecule is CC1=CC=C[C]1(C)[Zr+2][C]1(C)C=CC=C1C.[F-].[F-]. The van der Waals surface area contributed by atoms with Crippen molar-refractivity contribution in [1.82, 2.24) is 0 Å². The van der Waals surface area contributed by atoms with Crippen LogP contribution >= 0.6 is 0 Å². The van der Waals surface area contributed by atoms with Crippen molar-refractivity contribution in [1.29, 1.82) is 0 Å². The summed E-state index contributed by atoms with van der Waals surface area (Å²) in [5.74, 6) is 0. The Morgan fingerprint density at radius 1 is 0.824 bits per heavy atom. The summed E-state index contributed by atoms with van der Waals surface area (Å²) in [4.78, 5) is 0. The van der Waals surface area contributed by atoms with Gasteiger partial charge >= 0.3 is 105 Å². The van der Waals surface area contributed by atoms with Gasteiger partial charge in [-0.15, -0.1) is 0 Å². The van der Waals surface area contributed by atoms with Gasteiger partial charge in [0.1, 0.15) is 0 Å². The van der Waals surface area contributed by atoms with Crippen LogP contribution in [0.15, 0.2) is 47.6 Å². The van der Waals surface area contributed by atoms with Crippen LogP contribution in [0.5, 0.6) is 0 Å². The van der Waals surface area contributed by atoms with Gasteiger partial charge in [-0.2, -0.15) is 0 Å². The summed E-state index contributed by atoms with van der Waals surface area (Å²) in [6, 6.07) is 0. The van der Waals surface area contributed by atoms with Crippen molar-refractivity contribution < 1.29 is 32.6 Å². The fraction of sp³-hybridized carbons (Fsp3) is 0.429. The van der Waals surface area contributed by atoms with Gasteiger partial charge in [0, 0.05) is 0 Å². The first kappa shape index (κ1) is 16.7. The molecule has 92 valence electrons. The van der Waals surface area contributed by atoms with E-state index in [9.17, 15) is 0 Å². The average Bonchev–Trinajstić information content (AvgIpc) is 2.61. The maximum Gasteiger partial charge on any atom is -1.00 e. The second-order valence-corrected chi connectivity index (χ2v) is 10.7. The molecule has 0 saturated heterocycles. The Bertz CT molecular complexity index is 368. The summed E-state index contributed by atoms with van der Waals surface area (Å²) in [5.41, 5.74) is 3.12. The second kappa shape index (κ2) is 5.56. The Morgan fingerprint density at radius 3 is 1.41 bits per heavy atom. The van der Waals surface area contributed by atoms with E-state index in [1.165, 1.54) is 0 Å². The van der Waals surface area contributed by atoms with E-state index >= 15 is 0 Å². The Hall–Kier alpha value is -0.297. The first-order valence-corrected chi connectivity index (χ1v) is 7.95. The van der Waals surface area contributed by atoms with Crippen molar-refractivity contribution in [2.24, 2.45) is 0 Å². The molecule has 0 amide bonds. The molecule has 0 nitrogen and oxygen atoms in total. The van der Waals surface area contributed by atoms with Gasteiger partial charge < -0.3 is 9.41 Å². The van der Waals surface area contributed by atoms with Crippen LogP contribution in [0.4, 0.5) is 0 Å². The summed E-state index contributed by atoms with van der Waals surface area (Å²) in [6.07, 6.45) is 13.9. The van der Waals surface area contributed by atoms with Crippen molar-refractivity contribution in [2.75, 3.05) is 0 Å². The van der Waals surface area contributed by atoms with E-state index in [0.29, 0.717) is 6.25 Å². The maximum absolute atomic E-state index is 2.42. The fourth-order valence-electron chi connectivity index (χ4n) is 2.20. The minimum atomic E-state index is -0.550. The molecule has 0 aromatic rings. The zero-order valence-corrected chi connectivity index (χ0v) is 13.2. The molecule has 0 aromatic carbocycles. The Balaban J connectivity index is 0.00000128. The zero-order valence-electron chi connectivity index (χ0n) is 10.7. The van der Waals surface area contributed by atoms with Gasteiger partial charge in [-0.05, 0) is 0 Å². The van der Waals surface area contributed by atoms with Gasteiger partial charge in [0.15, 0.2) is 0 Å². The van der Waals surface area contributed by atoms with Crippen LogP contribution in [-0.2, 0) is 23.2 Å². The third kappa shape index (κ3) is 2.93. The molecule has 0 N–H and O–H groups in total. The van der Waals surface area contributed by atoms with E-state index in [2.05, 4.69) is 64.2 Å². The molecular weight excluding hydrogens is 297 g/mol. The molecule has 2 aliphatic rings. The monoisotopic (exact) mass is 314 g/mol. The predicted molar refractivity (Wildman–Crippen MR) is 62.5 cm³/mol. The van der Waals surface area contributed by atoms with Crippen molar-refractivity contribution >= 4 is 0 Å². The molecule has 0 radical (unpaired) electrons. The Labute approximate surface area is 114 Å². The van der Waals surface area contributed by atoms with Gasteiger partial charge in [0.05, 0.1) is 0 Å². The largest absolute Gasteiger partial charge is 1.00 e. The van der Waals surface area contributed by atoms with Crippen LogP contribution in [0.1, 0.15) is 27.7 Å². The molecule has 0 spiro atoms. The van der Waals surface area contributed by atoms with Gasteiger partial charge in [0.25, 0.3) is 0 Å². The van der Waals surface area contributed by atoms with Crippen molar-refractivity contribution in [3.63, 3.8) is 0 Å². The molecule has 0 aliphatic heterocycles. The van der Waals surface area contributed by atoms with Crippen LogP contribution in [0.3, 0.4) is 0 Å². The standard InChI is InChI=1S/2C7H9.2FH.Zr/c2*1-6-4-3-5-7(6)2;;;/h2*3-5H,1-2H3;2*1H;/q;;;;+2/p-2. The number of halogens is 2. The van der Waals surface area contributed by atoms with Crippen LogP contribution in [0.25, 0.3) is 0 Å². The van der Waals surface area contributed by atoms with Crippen LogP contribution in [0, 0.1) is 0 Å². The number of hydrogen-bond acceptors (Lipinski definition) is 0. The summed E-state index contributed by atoms with van der Waals surface area (Å²) in [6.45, 7) is 9.39. The summed E-state index contributed by atoms with van der Waals surface area (Å²) in [5, 5.41) is 0. The minimum Gasteiger partial charge on any atom is -1.00 e. The number of hydrogen-bond donors (Lipinski definition) is 0. The molecule has 0 bridgehead atoms. The molecule has 0 saturated carbocycles. The van der Waals surface area contributed by atoms with Gasteiger partial charge in [0.2, 0.25) is 0 Å². The van der Waals surface area contributed by atoms with Crippen LogP contribution in [0.2, 0.25) is 6.25 Å². The van der Waals surface area contributed by atoms with Gasteiger partial charge in [-0.3, -0.25) is 0 Å². The van der Waals surface area contributed by atoms with Crippen molar-refractivity contribution in [2.45, 2.75) is 33.9 Å². The van der Waals surface area contributed by atoms with E-state index < -0.39 is 23.2 Å². The molecule has 2 rings (SSSR count). The first-order chi connectivity index (χ1) is 6.96. The normalized spacial score (nSPS) is 33.4. The van der Waals surface area contributed by atoms with Gasteiger partial charge in [-0.1, -0.05) is 0 Å². The molecule has 0 aromatic heterocycles. The zero-order chi connectivity index (χ0) is 11.1. The quantitative estimate of drug-likeness (QED) is 0.580. The third-order valence-corrected chi connectivity index (χ3v) is 9.02. The number of rotatable bonds is 2. The Morgan fingerprint density at radius 2 is 1.18 bits per heavy atom. The Kier molecular flexibility index (Phi) is 5.47. The molecule has 0 fully saturated rings. The predicted octanol–water partition coefficient (Wildman–Crippen LogP) is -1.53. The molecule has 2 aliphatic carbocycles. The molecular formula is C14H18F2Zr. The van der Waals surface area contributed by atoms with E-state index in [1.54, 1.807) is 11.1 Å². The van der Waals surface area contributed by atoms with E-state index in [4.69, 9.17) is 0 Å². The molecule has 3 heteroatoms. The maximum atomic E-state index is 2.42. The molecule has 2 unspecified atom stereocenters. The van der Waals surface area contributed by atoms with Crippen LogP contribution in [-0.4, -0.2) is 0 Å². The van der Waals surface area contributed by atoms with E-state index in [-0.39, 0.29) is 9.41 Å². The third-order valence-electron chi connectivity index (χ3n) is 3.71. The summed E-state index contributed by atoms with van der Waals surface area (Å²) < 4.78 is 0.837. The first-order valence-electron chi connectivity index (χ1n) is 5.49. The van der Waals surface area contributed by atoms with E-state index in [0.717, 1.165) is 0 Å². The van der Waals surface area contributed by atoms with E-state index in [1.807, 2.05) is 0 Å². The van der Waals surface area contributed by atoms with Gasteiger partial charge in [-0.25, -0.2) is 0 Å². The molecule has 0 heterocycles.